The number of nitrogens with two attached hydrogens (primary N) is 1. The molecule has 10 heteroatoms. The Morgan fingerprint density at radius 3 is 2.64 bits per heavy atom. The van der Waals surface area contributed by atoms with Crippen LogP contribution in [0.4, 0.5) is 13.2 Å². The Balaban J connectivity index is 0.00000312. The maximum atomic E-state index is 12.5. The molecule has 0 saturated heterocycles. The first-order chi connectivity index (χ1) is 11.4. The molecule has 0 radical (unpaired) electrons. The van der Waals surface area contributed by atoms with Gasteiger partial charge in [-0.05, 0) is 18.9 Å². The summed E-state index contributed by atoms with van der Waals surface area (Å²) >= 11 is 5.75. The summed E-state index contributed by atoms with van der Waals surface area (Å²) in [6.45, 7) is 0.371. The van der Waals surface area contributed by atoms with Crippen LogP contribution in [0.25, 0.3) is 0 Å². The van der Waals surface area contributed by atoms with Crippen molar-refractivity contribution in [1.82, 2.24) is 10.3 Å². The number of aliphatic imine (C=N–C) groups is 1. The molecule has 1 saturated carbocycles. The SMILES string of the molecule is I.NC(=NCCOc1ncc(C(F)(F)F)cc1Cl)NC1CCCCC1. The molecule has 0 unspecified atom stereocenters. The van der Waals surface area contributed by atoms with Gasteiger partial charge in [0, 0.05) is 12.2 Å². The minimum atomic E-state index is -4.49. The smallest absolute Gasteiger partial charge is 0.417 e. The molecule has 0 atom stereocenters. The predicted molar refractivity (Wildman–Crippen MR) is 102 cm³/mol. The molecule has 1 aromatic rings. The molecule has 0 bridgehead atoms. The summed E-state index contributed by atoms with van der Waals surface area (Å²) < 4.78 is 42.8. The van der Waals surface area contributed by atoms with Crippen LogP contribution in [0.2, 0.25) is 5.02 Å². The number of guanidine groups is 1. The van der Waals surface area contributed by atoms with Crippen molar-refractivity contribution >= 4 is 41.5 Å². The van der Waals surface area contributed by atoms with Crippen LogP contribution in [0.15, 0.2) is 17.3 Å². The van der Waals surface area contributed by atoms with Crippen LogP contribution in [0, 0.1) is 0 Å². The van der Waals surface area contributed by atoms with Crippen LogP contribution >= 0.6 is 35.6 Å². The summed E-state index contributed by atoms with van der Waals surface area (Å²) in [6.07, 6.45) is 1.99. The molecule has 1 fully saturated rings. The van der Waals surface area contributed by atoms with Gasteiger partial charge >= 0.3 is 6.18 Å². The van der Waals surface area contributed by atoms with Crippen molar-refractivity contribution in [1.29, 1.82) is 0 Å². The molecular weight excluding hydrogens is 472 g/mol. The largest absolute Gasteiger partial charge is 0.475 e. The summed E-state index contributed by atoms with van der Waals surface area (Å²) in [5.41, 5.74) is 4.88. The summed E-state index contributed by atoms with van der Waals surface area (Å²) in [5, 5.41) is 2.97. The van der Waals surface area contributed by atoms with Crippen LogP contribution in [-0.4, -0.2) is 30.1 Å². The van der Waals surface area contributed by atoms with Crippen LogP contribution in [0.1, 0.15) is 37.7 Å². The Morgan fingerprint density at radius 1 is 1.36 bits per heavy atom. The average molecular weight is 493 g/mol. The van der Waals surface area contributed by atoms with E-state index in [1.165, 1.54) is 19.3 Å². The molecule has 0 aromatic carbocycles. The van der Waals surface area contributed by atoms with Gasteiger partial charge in [-0.2, -0.15) is 13.2 Å². The molecule has 0 aliphatic heterocycles. The standard InChI is InChI=1S/C15H20ClF3N4O.HI/c16-12-8-10(15(17,18)19)9-22-13(12)24-7-6-21-14(20)23-11-4-2-1-3-5-11;/h8-9,11H,1-7H2,(H3,20,21,23);1H. The summed E-state index contributed by atoms with van der Waals surface area (Å²) in [6, 6.07) is 1.14. The highest BCUT2D eigenvalue weighted by atomic mass is 127. The Morgan fingerprint density at radius 2 is 2.04 bits per heavy atom. The van der Waals surface area contributed by atoms with Crippen LogP contribution in [0.5, 0.6) is 5.88 Å². The third-order valence-electron chi connectivity index (χ3n) is 3.70. The first-order valence-electron chi connectivity index (χ1n) is 7.78. The number of ether oxygens (including phenoxy) is 1. The molecule has 2 rings (SSSR count). The van der Waals surface area contributed by atoms with E-state index in [0.717, 1.165) is 18.9 Å². The van der Waals surface area contributed by atoms with Gasteiger partial charge in [0.15, 0.2) is 5.96 Å². The monoisotopic (exact) mass is 492 g/mol. The lowest BCUT2D eigenvalue weighted by molar-refractivity contribution is -0.137. The van der Waals surface area contributed by atoms with Crippen molar-refractivity contribution in [2.75, 3.05) is 13.2 Å². The summed E-state index contributed by atoms with van der Waals surface area (Å²) in [4.78, 5) is 7.71. The normalized spacial score (nSPS) is 16.2. The number of rotatable bonds is 5. The second-order valence-corrected chi connectivity index (χ2v) is 6.01. The highest BCUT2D eigenvalue weighted by molar-refractivity contribution is 14.0. The Hall–Kier alpha value is -0.970. The number of alkyl halides is 3. The lowest BCUT2D eigenvalue weighted by Crippen LogP contribution is -2.41. The number of nitrogens with zero attached hydrogens (tertiary/aromatic N) is 2. The van der Waals surface area contributed by atoms with E-state index in [1.807, 2.05) is 0 Å². The van der Waals surface area contributed by atoms with Gasteiger partial charge in [0.1, 0.15) is 11.6 Å². The molecule has 1 heterocycles. The molecule has 0 spiro atoms. The van der Waals surface area contributed by atoms with Crippen molar-refractivity contribution in [3.8, 4) is 5.88 Å². The van der Waals surface area contributed by atoms with E-state index < -0.39 is 11.7 Å². The average Bonchev–Trinajstić information content (AvgIpc) is 2.52. The first kappa shape index (κ1) is 22.1. The fourth-order valence-electron chi connectivity index (χ4n) is 2.50. The number of pyridine rings is 1. The van der Waals surface area contributed by atoms with Crippen LogP contribution in [-0.2, 0) is 6.18 Å². The van der Waals surface area contributed by atoms with Gasteiger partial charge in [-0.1, -0.05) is 30.9 Å². The van der Waals surface area contributed by atoms with Crippen molar-refractivity contribution < 1.29 is 17.9 Å². The molecule has 3 N–H and O–H groups in total. The Kier molecular flexibility index (Phi) is 9.04. The van der Waals surface area contributed by atoms with E-state index in [9.17, 15) is 13.2 Å². The molecule has 142 valence electrons. The van der Waals surface area contributed by atoms with Crippen molar-refractivity contribution in [2.24, 2.45) is 10.7 Å². The van der Waals surface area contributed by atoms with Crippen molar-refractivity contribution in [3.05, 3.63) is 22.8 Å². The van der Waals surface area contributed by atoms with Crippen LogP contribution < -0.4 is 15.8 Å². The Labute approximate surface area is 166 Å². The highest BCUT2D eigenvalue weighted by Gasteiger charge is 2.31. The fourth-order valence-corrected chi connectivity index (χ4v) is 2.72. The van der Waals surface area contributed by atoms with Gasteiger partial charge in [0.2, 0.25) is 5.88 Å². The van der Waals surface area contributed by atoms with E-state index in [1.54, 1.807) is 0 Å². The lowest BCUT2D eigenvalue weighted by atomic mass is 9.96. The zero-order valence-electron chi connectivity index (χ0n) is 13.5. The van der Waals surface area contributed by atoms with Crippen molar-refractivity contribution in [2.45, 2.75) is 44.3 Å². The molecule has 5 nitrogen and oxygen atoms in total. The maximum Gasteiger partial charge on any atom is 0.417 e. The molecule has 1 aromatic heterocycles. The third-order valence-corrected chi connectivity index (χ3v) is 3.97. The van der Waals surface area contributed by atoms with Gasteiger partial charge < -0.3 is 15.8 Å². The van der Waals surface area contributed by atoms with E-state index in [-0.39, 0.29) is 48.0 Å². The van der Waals surface area contributed by atoms with Gasteiger partial charge in [0.05, 0.1) is 12.1 Å². The van der Waals surface area contributed by atoms with E-state index in [4.69, 9.17) is 22.1 Å². The fraction of sp³-hybridized carbons (Fsp3) is 0.600. The second kappa shape index (κ2) is 10.2. The minimum absolute atomic E-state index is 0. The topological polar surface area (TPSA) is 72.5 Å². The van der Waals surface area contributed by atoms with Gasteiger partial charge in [-0.15, -0.1) is 24.0 Å². The second-order valence-electron chi connectivity index (χ2n) is 5.60. The zero-order chi connectivity index (χ0) is 17.6. The van der Waals surface area contributed by atoms with E-state index in [2.05, 4.69) is 15.3 Å². The van der Waals surface area contributed by atoms with E-state index in [0.29, 0.717) is 18.2 Å². The number of hydrogen-bond donors (Lipinski definition) is 2. The van der Waals surface area contributed by atoms with Gasteiger partial charge in [-0.3, -0.25) is 0 Å². The predicted octanol–water partition coefficient (Wildman–Crippen LogP) is 3.99. The highest BCUT2D eigenvalue weighted by Crippen LogP contribution is 2.33. The molecule has 1 aliphatic rings. The number of aromatic nitrogens is 1. The van der Waals surface area contributed by atoms with Crippen LogP contribution in [0.3, 0.4) is 0 Å². The van der Waals surface area contributed by atoms with Gasteiger partial charge in [-0.25, -0.2) is 9.98 Å². The third kappa shape index (κ3) is 7.43. The summed E-state index contributed by atoms with van der Waals surface area (Å²) in [5.74, 6) is 0.288. The molecule has 25 heavy (non-hydrogen) atoms. The molecule has 0 amide bonds. The number of halogens is 5. The Bertz CT molecular complexity index is 580. The van der Waals surface area contributed by atoms with Crippen molar-refractivity contribution in [3.63, 3.8) is 0 Å². The quantitative estimate of drug-likeness (QED) is 0.282. The zero-order valence-corrected chi connectivity index (χ0v) is 16.6. The minimum Gasteiger partial charge on any atom is -0.475 e. The molecule has 1 aliphatic carbocycles. The molecular formula is C15H21ClF3IN4O. The van der Waals surface area contributed by atoms with E-state index >= 15 is 0 Å². The van der Waals surface area contributed by atoms with Gasteiger partial charge in [0.25, 0.3) is 0 Å². The first-order valence-corrected chi connectivity index (χ1v) is 8.16. The summed E-state index contributed by atoms with van der Waals surface area (Å²) in [7, 11) is 0. The lowest BCUT2D eigenvalue weighted by Gasteiger charge is -2.23. The number of nitrogens with one attached hydrogen (secondary N) is 1. The number of hydrogen-bond acceptors (Lipinski definition) is 3. The maximum absolute atomic E-state index is 12.5.